The first-order valence-electron chi connectivity index (χ1n) is 6.94. The van der Waals surface area contributed by atoms with Crippen LogP contribution in [0.25, 0.3) is 10.4 Å². The molecule has 2 heterocycles. The number of hydrogen-bond acceptors (Lipinski definition) is 4. The van der Waals surface area contributed by atoms with Gasteiger partial charge in [0.25, 0.3) is 0 Å². The number of azide groups is 1. The first-order chi connectivity index (χ1) is 9.71. The summed E-state index contributed by atoms with van der Waals surface area (Å²) < 4.78 is 0. The van der Waals surface area contributed by atoms with Crippen molar-refractivity contribution in [2.75, 3.05) is 18.0 Å². The largest absolute Gasteiger partial charge is 0.355 e. The Hall–Kier alpha value is -2.07. The minimum absolute atomic E-state index is 0.290. The number of rotatable bonds is 3. The van der Waals surface area contributed by atoms with Gasteiger partial charge in [0.05, 0.1) is 6.54 Å². The number of Topliss-reactive ketones (excluding diaryl/α,β-unsaturated/α-hetero) is 1. The SMILES string of the molecule is [N-]=[N+]=NCc1cccc(N2CC3(CCC(=O)CC3)C2)n1. The smallest absolute Gasteiger partial charge is 0.132 e. The van der Waals surface area contributed by atoms with Crippen LogP contribution in [0.15, 0.2) is 23.3 Å². The second kappa shape index (κ2) is 5.13. The van der Waals surface area contributed by atoms with Crippen molar-refractivity contribution in [3.8, 4) is 0 Å². The van der Waals surface area contributed by atoms with E-state index >= 15 is 0 Å². The van der Waals surface area contributed by atoms with E-state index in [-0.39, 0.29) is 6.54 Å². The van der Waals surface area contributed by atoms with E-state index in [2.05, 4.69) is 19.9 Å². The van der Waals surface area contributed by atoms with Gasteiger partial charge in [-0.2, -0.15) is 0 Å². The molecule has 1 aromatic rings. The van der Waals surface area contributed by atoms with Crippen LogP contribution in [0.4, 0.5) is 5.82 Å². The third-order valence-electron chi connectivity index (χ3n) is 4.33. The van der Waals surface area contributed by atoms with E-state index in [0.29, 0.717) is 11.2 Å². The van der Waals surface area contributed by atoms with Gasteiger partial charge < -0.3 is 4.90 Å². The highest BCUT2D eigenvalue weighted by Crippen LogP contribution is 2.44. The lowest BCUT2D eigenvalue weighted by Gasteiger charge is -2.52. The Morgan fingerprint density at radius 1 is 1.35 bits per heavy atom. The zero-order valence-corrected chi connectivity index (χ0v) is 11.3. The summed E-state index contributed by atoms with van der Waals surface area (Å²) in [6.07, 6.45) is 3.50. The minimum atomic E-state index is 0.290. The van der Waals surface area contributed by atoms with Gasteiger partial charge in [-0.05, 0) is 30.5 Å². The van der Waals surface area contributed by atoms with Crippen LogP contribution in [-0.2, 0) is 11.3 Å². The van der Waals surface area contributed by atoms with Crippen molar-refractivity contribution in [2.45, 2.75) is 32.2 Å². The minimum Gasteiger partial charge on any atom is -0.355 e. The van der Waals surface area contributed by atoms with Crippen molar-refractivity contribution >= 4 is 11.6 Å². The maximum atomic E-state index is 11.3. The van der Waals surface area contributed by atoms with E-state index in [0.717, 1.165) is 50.3 Å². The van der Waals surface area contributed by atoms with Crippen LogP contribution in [-0.4, -0.2) is 23.9 Å². The van der Waals surface area contributed by atoms with E-state index in [1.165, 1.54) is 0 Å². The number of pyridine rings is 1. The third kappa shape index (κ3) is 2.47. The molecular weight excluding hydrogens is 254 g/mol. The first-order valence-corrected chi connectivity index (χ1v) is 6.94. The molecule has 0 unspecified atom stereocenters. The van der Waals surface area contributed by atoms with E-state index in [1.807, 2.05) is 18.2 Å². The van der Waals surface area contributed by atoms with Crippen LogP contribution in [0.5, 0.6) is 0 Å². The van der Waals surface area contributed by atoms with Crippen molar-refractivity contribution in [1.82, 2.24) is 4.98 Å². The highest BCUT2D eigenvalue weighted by molar-refractivity contribution is 5.79. The van der Waals surface area contributed by atoms with Gasteiger partial charge in [0, 0.05) is 42.0 Å². The lowest BCUT2D eigenvalue weighted by atomic mass is 9.68. The van der Waals surface area contributed by atoms with Gasteiger partial charge in [-0.3, -0.25) is 4.79 Å². The molecule has 6 nitrogen and oxygen atoms in total. The third-order valence-corrected chi connectivity index (χ3v) is 4.33. The Balaban J connectivity index is 1.64. The molecule has 20 heavy (non-hydrogen) atoms. The molecule has 1 saturated heterocycles. The van der Waals surface area contributed by atoms with Gasteiger partial charge in [0.2, 0.25) is 0 Å². The van der Waals surface area contributed by atoms with Gasteiger partial charge in [-0.1, -0.05) is 11.2 Å². The molecule has 1 aromatic heterocycles. The number of aromatic nitrogens is 1. The van der Waals surface area contributed by atoms with Crippen molar-refractivity contribution in [3.63, 3.8) is 0 Å². The lowest BCUT2D eigenvalue weighted by molar-refractivity contribution is -0.122. The van der Waals surface area contributed by atoms with E-state index < -0.39 is 0 Å². The Bertz CT molecular complexity index is 561. The standard InChI is InChI=1S/C14H17N5O/c15-18-16-8-11-2-1-3-13(17-11)19-9-14(10-19)6-4-12(20)5-7-14/h1-3H,4-10H2. The molecule has 1 spiro atoms. The Morgan fingerprint density at radius 3 is 2.80 bits per heavy atom. The summed E-state index contributed by atoms with van der Waals surface area (Å²) in [6, 6.07) is 5.80. The Labute approximate surface area is 117 Å². The summed E-state index contributed by atoms with van der Waals surface area (Å²) in [5.41, 5.74) is 9.46. The summed E-state index contributed by atoms with van der Waals surface area (Å²) in [5.74, 6) is 1.35. The number of nitrogens with zero attached hydrogens (tertiary/aromatic N) is 5. The zero-order chi connectivity index (χ0) is 14.0. The average Bonchev–Trinajstić information content (AvgIpc) is 2.44. The summed E-state index contributed by atoms with van der Waals surface area (Å²) in [7, 11) is 0. The van der Waals surface area contributed by atoms with Crippen LogP contribution in [0.1, 0.15) is 31.4 Å². The zero-order valence-electron chi connectivity index (χ0n) is 11.3. The van der Waals surface area contributed by atoms with Gasteiger partial charge >= 0.3 is 0 Å². The quantitative estimate of drug-likeness (QED) is 0.481. The van der Waals surface area contributed by atoms with Crippen LogP contribution < -0.4 is 4.90 Å². The highest BCUT2D eigenvalue weighted by Gasteiger charge is 2.45. The number of carbonyl (C=O) groups excluding carboxylic acids is 1. The molecule has 0 amide bonds. The summed E-state index contributed by atoms with van der Waals surface area (Å²) in [5, 5.41) is 3.54. The molecule has 2 fully saturated rings. The molecule has 1 saturated carbocycles. The molecular formula is C14H17N5O. The van der Waals surface area contributed by atoms with Crippen molar-refractivity contribution in [3.05, 3.63) is 34.3 Å². The number of hydrogen-bond donors (Lipinski definition) is 0. The van der Waals surface area contributed by atoms with E-state index in [9.17, 15) is 4.79 Å². The van der Waals surface area contributed by atoms with Crippen molar-refractivity contribution in [1.29, 1.82) is 0 Å². The normalized spacial score (nSPS) is 20.4. The predicted molar refractivity (Wildman–Crippen MR) is 75.2 cm³/mol. The van der Waals surface area contributed by atoms with Crippen LogP contribution in [0, 0.1) is 5.41 Å². The van der Waals surface area contributed by atoms with Crippen molar-refractivity contribution < 1.29 is 4.79 Å². The second-order valence-corrected chi connectivity index (χ2v) is 5.77. The van der Waals surface area contributed by atoms with E-state index in [1.54, 1.807) is 0 Å². The first kappa shape index (κ1) is 12.9. The molecule has 0 bridgehead atoms. The molecule has 1 aliphatic heterocycles. The monoisotopic (exact) mass is 271 g/mol. The molecule has 3 rings (SSSR count). The summed E-state index contributed by atoms with van der Waals surface area (Å²) in [6.45, 7) is 2.26. The predicted octanol–water partition coefficient (Wildman–Crippen LogP) is 2.84. The molecule has 0 atom stereocenters. The van der Waals surface area contributed by atoms with Gasteiger partial charge in [0.1, 0.15) is 11.6 Å². The van der Waals surface area contributed by atoms with Crippen LogP contribution >= 0.6 is 0 Å². The van der Waals surface area contributed by atoms with Crippen molar-refractivity contribution in [2.24, 2.45) is 10.5 Å². The maximum absolute atomic E-state index is 11.3. The number of carbonyl (C=O) groups is 1. The summed E-state index contributed by atoms with van der Waals surface area (Å²) in [4.78, 5) is 20.8. The van der Waals surface area contributed by atoms with Gasteiger partial charge in [-0.25, -0.2) is 4.98 Å². The number of anilines is 1. The van der Waals surface area contributed by atoms with Crippen LogP contribution in [0.2, 0.25) is 0 Å². The van der Waals surface area contributed by atoms with Gasteiger partial charge in [-0.15, -0.1) is 0 Å². The fourth-order valence-corrected chi connectivity index (χ4v) is 3.14. The molecule has 6 heteroatoms. The fraction of sp³-hybridized carbons (Fsp3) is 0.571. The molecule has 0 radical (unpaired) electrons. The fourth-order valence-electron chi connectivity index (χ4n) is 3.14. The molecule has 1 aliphatic carbocycles. The Morgan fingerprint density at radius 2 is 2.10 bits per heavy atom. The molecule has 2 aliphatic rings. The molecule has 104 valence electrons. The van der Waals surface area contributed by atoms with Gasteiger partial charge in [0.15, 0.2) is 0 Å². The second-order valence-electron chi connectivity index (χ2n) is 5.77. The lowest BCUT2D eigenvalue weighted by Crippen LogP contribution is -2.58. The Kier molecular flexibility index (Phi) is 3.32. The molecule has 0 aromatic carbocycles. The van der Waals surface area contributed by atoms with E-state index in [4.69, 9.17) is 5.53 Å². The maximum Gasteiger partial charge on any atom is 0.132 e. The number of ketones is 1. The van der Waals surface area contributed by atoms with Crippen LogP contribution in [0.3, 0.4) is 0 Å². The topological polar surface area (TPSA) is 82.0 Å². The highest BCUT2D eigenvalue weighted by atomic mass is 16.1. The summed E-state index contributed by atoms with van der Waals surface area (Å²) >= 11 is 0. The molecule has 0 N–H and O–H groups in total. The average molecular weight is 271 g/mol.